The molecule has 8 heteroatoms. The second-order valence-corrected chi connectivity index (χ2v) is 6.83. The van der Waals surface area contributed by atoms with Crippen LogP contribution < -0.4 is 15.4 Å². The highest BCUT2D eigenvalue weighted by Gasteiger charge is 2.16. The van der Waals surface area contributed by atoms with Gasteiger partial charge in [0, 0.05) is 29.8 Å². The van der Waals surface area contributed by atoms with Gasteiger partial charge >= 0.3 is 0 Å². The number of methoxy groups -OCH3 is 1. The Morgan fingerprint density at radius 2 is 1.69 bits per heavy atom. The maximum absolute atomic E-state index is 5.56. The molecule has 5 rings (SSSR count). The molecule has 8 nitrogen and oxygen atoms in total. The molecule has 2 aromatic carbocycles. The summed E-state index contributed by atoms with van der Waals surface area (Å²) in [5.74, 6) is 2.57. The van der Waals surface area contributed by atoms with E-state index in [1.807, 2.05) is 42.6 Å². The van der Waals surface area contributed by atoms with Crippen LogP contribution in [-0.2, 0) is 0 Å². The van der Waals surface area contributed by atoms with E-state index < -0.39 is 0 Å². The molecule has 0 aliphatic carbocycles. The van der Waals surface area contributed by atoms with Crippen LogP contribution in [-0.4, -0.2) is 60.0 Å². The van der Waals surface area contributed by atoms with E-state index in [1.54, 1.807) is 11.8 Å². The highest BCUT2D eigenvalue weighted by Crippen LogP contribution is 2.30. The van der Waals surface area contributed by atoms with Crippen LogP contribution >= 0.6 is 0 Å². The molecular weight excluding hydrogens is 366 g/mol. The Morgan fingerprint density at radius 1 is 0.931 bits per heavy atom. The zero-order valence-electron chi connectivity index (χ0n) is 16.1. The van der Waals surface area contributed by atoms with Crippen molar-refractivity contribution in [2.75, 3.05) is 33.3 Å². The molecule has 2 aliphatic rings. The molecule has 0 saturated heterocycles. The lowest BCUT2D eigenvalue weighted by Crippen LogP contribution is -2.19. The van der Waals surface area contributed by atoms with E-state index >= 15 is 0 Å². The van der Waals surface area contributed by atoms with Crippen LogP contribution in [0.3, 0.4) is 0 Å². The maximum atomic E-state index is 5.56. The van der Waals surface area contributed by atoms with E-state index in [9.17, 15) is 0 Å². The largest absolute Gasteiger partial charge is 0.496 e. The van der Waals surface area contributed by atoms with E-state index in [1.165, 1.54) is 0 Å². The fourth-order valence-electron chi connectivity index (χ4n) is 3.55. The van der Waals surface area contributed by atoms with Crippen LogP contribution in [0, 0.1) is 0 Å². The van der Waals surface area contributed by atoms with E-state index in [4.69, 9.17) is 4.74 Å². The van der Waals surface area contributed by atoms with Crippen molar-refractivity contribution < 1.29 is 4.74 Å². The average Bonchev–Trinajstić information content (AvgIpc) is 3.56. The Morgan fingerprint density at radius 3 is 2.38 bits per heavy atom. The molecule has 0 saturated carbocycles. The lowest BCUT2D eigenvalue weighted by molar-refractivity contribution is 0.416. The lowest BCUT2D eigenvalue weighted by Gasteiger charge is -2.09. The first-order valence-corrected chi connectivity index (χ1v) is 9.60. The molecule has 0 atom stereocenters. The fourth-order valence-corrected chi connectivity index (χ4v) is 3.55. The Balaban J connectivity index is 1.50. The molecule has 0 fully saturated rings. The molecule has 2 N–H and O–H groups in total. The number of nitrogens with zero attached hydrogens (tertiary/aromatic N) is 5. The standard InChI is InChI=1S/C21H21N7O/c1-29-19-6-5-15(21-24-9-10-25-21)12-17(19)18-13-28(27-26-18)16-4-2-3-14(11-16)20-22-7-8-23-20/h2-6,11-13H,7-10H2,1H3,(H,22,23)(H,24,25). The number of benzene rings is 2. The van der Waals surface area contributed by atoms with Crippen LogP contribution in [0.2, 0.25) is 0 Å². The highest BCUT2D eigenvalue weighted by atomic mass is 16.5. The molecule has 0 bridgehead atoms. The van der Waals surface area contributed by atoms with E-state index in [2.05, 4.69) is 37.0 Å². The smallest absolute Gasteiger partial charge is 0.128 e. The number of aromatic nitrogens is 3. The molecule has 3 aromatic rings. The quantitative estimate of drug-likeness (QED) is 0.695. The highest BCUT2D eigenvalue weighted by molar-refractivity contribution is 6.01. The van der Waals surface area contributed by atoms with Gasteiger partial charge in [-0.3, -0.25) is 9.98 Å². The topological polar surface area (TPSA) is 88.7 Å². The van der Waals surface area contributed by atoms with E-state index in [0.29, 0.717) is 0 Å². The summed E-state index contributed by atoms with van der Waals surface area (Å²) in [7, 11) is 1.66. The SMILES string of the molecule is COc1ccc(C2=NCCN2)cc1-c1cn(-c2cccc(C3=NCCN3)c2)nn1. The molecule has 146 valence electrons. The molecule has 0 spiro atoms. The molecule has 1 aromatic heterocycles. The van der Waals surface area contributed by atoms with Crippen LogP contribution in [0.25, 0.3) is 16.9 Å². The van der Waals surface area contributed by atoms with Gasteiger partial charge in [0.2, 0.25) is 0 Å². The van der Waals surface area contributed by atoms with Crippen molar-refractivity contribution in [1.82, 2.24) is 25.6 Å². The zero-order valence-corrected chi connectivity index (χ0v) is 16.1. The summed E-state index contributed by atoms with van der Waals surface area (Å²) in [5.41, 5.74) is 4.60. The summed E-state index contributed by atoms with van der Waals surface area (Å²) in [6.07, 6.45) is 1.91. The summed E-state index contributed by atoms with van der Waals surface area (Å²) in [5, 5.41) is 15.3. The lowest BCUT2D eigenvalue weighted by atomic mass is 10.1. The summed E-state index contributed by atoms with van der Waals surface area (Å²) in [6, 6.07) is 14.1. The molecule has 2 aliphatic heterocycles. The Kier molecular flexibility index (Phi) is 4.44. The van der Waals surface area contributed by atoms with Crippen molar-refractivity contribution in [1.29, 1.82) is 0 Å². The minimum atomic E-state index is 0.740. The second kappa shape index (κ2) is 7.38. The number of hydrogen-bond acceptors (Lipinski definition) is 7. The second-order valence-electron chi connectivity index (χ2n) is 6.83. The number of hydrogen-bond donors (Lipinski definition) is 2. The van der Waals surface area contributed by atoms with Gasteiger partial charge in [-0.25, -0.2) is 4.68 Å². The van der Waals surface area contributed by atoms with Crippen LogP contribution in [0.15, 0.2) is 58.6 Å². The summed E-state index contributed by atoms with van der Waals surface area (Å²) < 4.78 is 7.33. The zero-order chi connectivity index (χ0) is 19.6. The number of rotatable bonds is 5. The third kappa shape index (κ3) is 3.33. The summed E-state index contributed by atoms with van der Waals surface area (Å²) >= 11 is 0. The van der Waals surface area contributed by atoms with Crippen molar-refractivity contribution in [3.8, 4) is 22.7 Å². The Bertz CT molecular complexity index is 1120. The van der Waals surface area contributed by atoms with Gasteiger partial charge in [0.05, 0.1) is 32.1 Å². The Hall–Kier alpha value is -3.68. The molecular formula is C21H21N7O. The summed E-state index contributed by atoms with van der Waals surface area (Å²) in [6.45, 7) is 3.35. The summed E-state index contributed by atoms with van der Waals surface area (Å²) in [4.78, 5) is 8.99. The third-order valence-corrected chi connectivity index (χ3v) is 4.97. The molecule has 0 unspecified atom stereocenters. The number of amidine groups is 2. The van der Waals surface area contributed by atoms with Gasteiger partial charge in [-0.05, 0) is 30.3 Å². The van der Waals surface area contributed by atoms with Crippen molar-refractivity contribution in [3.05, 3.63) is 59.8 Å². The Labute approximate surface area is 168 Å². The minimum absolute atomic E-state index is 0.740. The first-order valence-electron chi connectivity index (χ1n) is 9.60. The predicted octanol–water partition coefficient (Wildman–Crippen LogP) is 1.64. The molecule has 29 heavy (non-hydrogen) atoms. The van der Waals surface area contributed by atoms with Gasteiger partial charge in [-0.15, -0.1) is 5.10 Å². The first kappa shape index (κ1) is 17.4. The van der Waals surface area contributed by atoms with Crippen LogP contribution in [0.4, 0.5) is 0 Å². The van der Waals surface area contributed by atoms with Gasteiger partial charge in [-0.1, -0.05) is 17.3 Å². The maximum Gasteiger partial charge on any atom is 0.128 e. The number of nitrogens with one attached hydrogen (secondary N) is 2. The molecule has 0 radical (unpaired) electrons. The minimum Gasteiger partial charge on any atom is -0.496 e. The molecule has 0 amide bonds. The van der Waals surface area contributed by atoms with Crippen LogP contribution in [0.1, 0.15) is 11.1 Å². The predicted molar refractivity (Wildman–Crippen MR) is 112 cm³/mol. The number of aliphatic imine (C=N–C) groups is 2. The van der Waals surface area contributed by atoms with Crippen molar-refractivity contribution >= 4 is 11.7 Å². The van der Waals surface area contributed by atoms with Gasteiger partial charge in [0.15, 0.2) is 0 Å². The van der Waals surface area contributed by atoms with Gasteiger partial charge in [0.25, 0.3) is 0 Å². The van der Waals surface area contributed by atoms with Gasteiger partial charge < -0.3 is 15.4 Å². The van der Waals surface area contributed by atoms with E-state index in [0.717, 1.165) is 71.7 Å². The molecule has 3 heterocycles. The first-order chi connectivity index (χ1) is 14.3. The normalized spacial score (nSPS) is 15.5. The average molecular weight is 387 g/mol. The monoisotopic (exact) mass is 387 g/mol. The van der Waals surface area contributed by atoms with Gasteiger partial charge in [-0.2, -0.15) is 0 Å². The third-order valence-electron chi connectivity index (χ3n) is 4.97. The van der Waals surface area contributed by atoms with E-state index in [-0.39, 0.29) is 0 Å². The van der Waals surface area contributed by atoms with Gasteiger partial charge in [0.1, 0.15) is 23.1 Å². The fraction of sp³-hybridized carbons (Fsp3) is 0.238. The van der Waals surface area contributed by atoms with Crippen molar-refractivity contribution in [3.63, 3.8) is 0 Å². The van der Waals surface area contributed by atoms with Crippen molar-refractivity contribution in [2.45, 2.75) is 0 Å². The van der Waals surface area contributed by atoms with Crippen molar-refractivity contribution in [2.24, 2.45) is 9.98 Å². The number of ether oxygens (including phenoxy) is 1. The van der Waals surface area contributed by atoms with Crippen LogP contribution in [0.5, 0.6) is 5.75 Å².